The van der Waals surface area contributed by atoms with Crippen molar-refractivity contribution < 1.29 is 22.3 Å². The van der Waals surface area contributed by atoms with Crippen LogP contribution in [0, 0.1) is 17.5 Å². The summed E-state index contributed by atoms with van der Waals surface area (Å²) in [4.78, 5) is 22.4. The van der Waals surface area contributed by atoms with Crippen molar-refractivity contribution in [1.29, 1.82) is 0 Å². The lowest BCUT2D eigenvalue weighted by Gasteiger charge is -2.24. The zero-order valence-corrected chi connectivity index (χ0v) is 24.1. The first-order chi connectivity index (χ1) is 21.8. The highest BCUT2D eigenvalue weighted by molar-refractivity contribution is 5.98. The number of rotatable bonds is 6. The van der Waals surface area contributed by atoms with Crippen LogP contribution in [0.1, 0.15) is 31.6 Å². The fourth-order valence-corrected chi connectivity index (χ4v) is 5.84. The third-order valence-corrected chi connectivity index (χ3v) is 8.06. The van der Waals surface area contributed by atoms with Gasteiger partial charge in [-0.15, -0.1) is 0 Å². The Hall–Kier alpha value is -5.23. The molecule has 0 amide bonds. The summed E-state index contributed by atoms with van der Waals surface area (Å²) in [6.45, 7) is 3.31. The number of ether oxygens (including phenoxy) is 1. The van der Waals surface area contributed by atoms with E-state index in [4.69, 9.17) is 20.0 Å². The van der Waals surface area contributed by atoms with Crippen LogP contribution < -0.4 is 21.2 Å². The Labute approximate surface area is 254 Å². The third kappa shape index (κ3) is 5.06. The lowest BCUT2D eigenvalue weighted by molar-refractivity contribution is 0.156. The number of piperidine rings is 1. The monoisotopic (exact) mass is 612 g/mol. The number of aromatic nitrogens is 4. The van der Waals surface area contributed by atoms with E-state index in [1.165, 1.54) is 47.4 Å². The topological polar surface area (TPSA) is 121 Å². The van der Waals surface area contributed by atoms with Crippen LogP contribution in [0.2, 0.25) is 0 Å². The fourth-order valence-electron chi connectivity index (χ4n) is 5.84. The number of anilines is 1. The molecule has 1 saturated heterocycles. The Kier molecular flexibility index (Phi) is 7.20. The summed E-state index contributed by atoms with van der Waals surface area (Å²) >= 11 is 0. The normalized spacial score (nSPS) is 14.7. The van der Waals surface area contributed by atoms with E-state index in [9.17, 15) is 13.6 Å². The molecule has 228 valence electrons. The first kappa shape index (κ1) is 28.5. The number of hydrogen-bond donors (Lipinski definition) is 2. The van der Waals surface area contributed by atoms with Crippen molar-refractivity contribution in [3.05, 3.63) is 100 Å². The molecule has 1 aliphatic rings. The quantitative estimate of drug-likeness (QED) is 0.235. The number of nitrogen functional groups attached to an aromatic ring is 1. The standard InChI is InChI=1S/C33H27F3N6O3/c1-17(31-26(18-4-2-5-20(34)14-18)30(43)27-22(35)6-3-7-25(27)45-31)42-33-28(32(37)39-16-40-33)29(41-42)19-8-9-24(23(36)15-19)44-21-10-12-38-13-11-21/h2-9,14-17,21,38H,10-13H2,1H3,(H2,37,39,40). The molecule has 45 heavy (non-hydrogen) atoms. The Morgan fingerprint density at radius 1 is 0.978 bits per heavy atom. The summed E-state index contributed by atoms with van der Waals surface area (Å²) in [7, 11) is 0. The molecule has 0 bridgehead atoms. The van der Waals surface area contributed by atoms with Crippen LogP contribution in [0.15, 0.2) is 76.2 Å². The van der Waals surface area contributed by atoms with Gasteiger partial charge in [-0.05, 0) is 80.9 Å². The van der Waals surface area contributed by atoms with E-state index in [1.807, 2.05) is 0 Å². The largest absolute Gasteiger partial charge is 0.487 e. The van der Waals surface area contributed by atoms with Crippen molar-refractivity contribution in [2.45, 2.75) is 31.9 Å². The second-order valence-corrected chi connectivity index (χ2v) is 10.9. The average Bonchev–Trinajstić information content (AvgIpc) is 3.43. The fraction of sp³-hybridized carbons (Fsp3) is 0.212. The molecule has 0 radical (unpaired) electrons. The van der Waals surface area contributed by atoms with Crippen LogP contribution in [0.5, 0.6) is 5.75 Å². The molecule has 12 heteroatoms. The average molecular weight is 613 g/mol. The molecule has 1 fully saturated rings. The minimum absolute atomic E-state index is 0.0132. The minimum Gasteiger partial charge on any atom is -0.487 e. The van der Waals surface area contributed by atoms with Crippen molar-refractivity contribution in [2.75, 3.05) is 18.8 Å². The predicted octanol–water partition coefficient (Wildman–Crippen LogP) is 6.01. The molecule has 0 saturated carbocycles. The smallest absolute Gasteiger partial charge is 0.203 e. The van der Waals surface area contributed by atoms with Crippen LogP contribution in [0.4, 0.5) is 19.0 Å². The van der Waals surface area contributed by atoms with Gasteiger partial charge in [0.2, 0.25) is 5.43 Å². The van der Waals surface area contributed by atoms with Crippen molar-refractivity contribution in [3.8, 4) is 28.1 Å². The lowest BCUT2D eigenvalue weighted by atomic mass is 9.99. The lowest BCUT2D eigenvalue weighted by Crippen LogP contribution is -2.34. The Morgan fingerprint density at radius 2 is 1.78 bits per heavy atom. The van der Waals surface area contributed by atoms with Gasteiger partial charge in [0.15, 0.2) is 17.2 Å². The van der Waals surface area contributed by atoms with Gasteiger partial charge in [-0.1, -0.05) is 18.2 Å². The van der Waals surface area contributed by atoms with E-state index < -0.39 is 28.9 Å². The highest BCUT2D eigenvalue weighted by Gasteiger charge is 2.28. The maximum absolute atomic E-state index is 15.4. The molecule has 1 atom stereocenters. The van der Waals surface area contributed by atoms with E-state index in [2.05, 4.69) is 15.3 Å². The van der Waals surface area contributed by atoms with E-state index in [1.54, 1.807) is 25.1 Å². The molecule has 7 rings (SSSR count). The van der Waals surface area contributed by atoms with Gasteiger partial charge in [-0.25, -0.2) is 27.8 Å². The van der Waals surface area contributed by atoms with Gasteiger partial charge in [0.1, 0.15) is 58.3 Å². The number of fused-ring (bicyclic) bond motifs is 2. The number of hydrogen-bond acceptors (Lipinski definition) is 8. The molecule has 1 unspecified atom stereocenters. The number of nitrogens with zero attached hydrogens (tertiary/aromatic N) is 4. The van der Waals surface area contributed by atoms with E-state index >= 15 is 4.39 Å². The molecule has 0 spiro atoms. The van der Waals surface area contributed by atoms with Gasteiger partial charge in [0.05, 0.1) is 10.9 Å². The van der Waals surface area contributed by atoms with Crippen molar-refractivity contribution in [3.63, 3.8) is 0 Å². The summed E-state index contributed by atoms with van der Waals surface area (Å²) in [5.41, 5.74) is 6.80. The Bertz CT molecular complexity index is 2140. The molecule has 3 aromatic heterocycles. The van der Waals surface area contributed by atoms with Gasteiger partial charge in [-0.2, -0.15) is 5.10 Å². The summed E-state index contributed by atoms with van der Waals surface area (Å²) in [6, 6.07) is 13.2. The van der Waals surface area contributed by atoms with Gasteiger partial charge in [0, 0.05) is 5.56 Å². The van der Waals surface area contributed by atoms with Crippen molar-refractivity contribution in [1.82, 2.24) is 25.1 Å². The van der Waals surface area contributed by atoms with Crippen LogP contribution >= 0.6 is 0 Å². The Morgan fingerprint density at radius 3 is 2.56 bits per heavy atom. The zero-order valence-electron chi connectivity index (χ0n) is 24.1. The molecule has 3 aromatic carbocycles. The molecule has 6 aromatic rings. The second-order valence-electron chi connectivity index (χ2n) is 10.9. The first-order valence-electron chi connectivity index (χ1n) is 14.5. The van der Waals surface area contributed by atoms with Crippen LogP contribution in [0.25, 0.3) is 44.4 Å². The molecular formula is C33H27F3N6O3. The first-order valence-corrected chi connectivity index (χ1v) is 14.5. The summed E-state index contributed by atoms with van der Waals surface area (Å²) in [5, 5.41) is 8.13. The third-order valence-electron chi connectivity index (χ3n) is 8.06. The predicted molar refractivity (Wildman–Crippen MR) is 163 cm³/mol. The minimum atomic E-state index is -0.846. The van der Waals surface area contributed by atoms with Gasteiger partial charge in [-0.3, -0.25) is 4.79 Å². The molecule has 4 heterocycles. The van der Waals surface area contributed by atoms with E-state index in [0.29, 0.717) is 16.6 Å². The van der Waals surface area contributed by atoms with Crippen molar-refractivity contribution >= 4 is 27.8 Å². The molecule has 1 aliphatic heterocycles. The van der Waals surface area contributed by atoms with Crippen LogP contribution in [-0.4, -0.2) is 38.9 Å². The van der Waals surface area contributed by atoms with Gasteiger partial charge < -0.3 is 20.2 Å². The molecular weight excluding hydrogens is 585 g/mol. The summed E-state index contributed by atoms with van der Waals surface area (Å²) < 4.78 is 58.2. The van der Waals surface area contributed by atoms with Crippen LogP contribution in [-0.2, 0) is 0 Å². The number of nitrogens with one attached hydrogen (secondary N) is 1. The highest BCUT2D eigenvalue weighted by Crippen LogP contribution is 2.37. The molecule has 0 aliphatic carbocycles. The number of benzene rings is 3. The second kappa shape index (κ2) is 11.4. The maximum Gasteiger partial charge on any atom is 0.203 e. The zero-order chi connectivity index (χ0) is 31.2. The van der Waals surface area contributed by atoms with E-state index in [-0.39, 0.29) is 51.2 Å². The van der Waals surface area contributed by atoms with Crippen molar-refractivity contribution in [2.24, 2.45) is 0 Å². The van der Waals surface area contributed by atoms with Gasteiger partial charge >= 0.3 is 0 Å². The Balaban J connectivity index is 1.39. The highest BCUT2D eigenvalue weighted by atomic mass is 19.1. The SMILES string of the molecule is CC(c1oc2cccc(F)c2c(=O)c1-c1cccc(F)c1)n1nc(-c2ccc(OC3CCNCC3)c(F)c2)c2c(N)ncnc21. The molecule has 9 nitrogen and oxygen atoms in total. The summed E-state index contributed by atoms with van der Waals surface area (Å²) in [5.74, 6) is -1.57. The summed E-state index contributed by atoms with van der Waals surface area (Å²) in [6.07, 6.45) is 2.73. The van der Waals surface area contributed by atoms with Gasteiger partial charge in [0.25, 0.3) is 0 Å². The number of nitrogens with two attached hydrogens (primary N) is 1. The number of halogens is 3. The maximum atomic E-state index is 15.4. The van der Waals surface area contributed by atoms with Crippen LogP contribution in [0.3, 0.4) is 0 Å². The van der Waals surface area contributed by atoms with E-state index in [0.717, 1.165) is 32.0 Å². The molecule has 3 N–H and O–H groups in total.